The highest BCUT2D eigenvalue weighted by Crippen LogP contribution is 2.15. The topological polar surface area (TPSA) is 67.4 Å². The van der Waals surface area contributed by atoms with Crippen molar-refractivity contribution in [3.63, 3.8) is 0 Å². The molecule has 0 radical (unpaired) electrons. The first-order chi connectivity index (χ1) is 11.5. The van der Waals surface area contributed by atoms with Crippen molar-refractivity contribution >= 4 is 17.9 Å². The fourth-order valence-corrected chi connectivity index (χ4v) is 2.11. The summed E-state index contributed by atoms with van der Waals surface area (Å²) < 4.78 is 5.41. The van der Waals surface area contributed by atoms with E-state index in [1.165, 1.54) is 6.08 Å². The second-order valence-electron chi connectivity index (χ2n) is 5.39. The second-order valence-corrected chi connectivity index (χ2v) is 5.39. The van der Waals surface area contributed by atoms with Gasteiger partial charge < -0.3 is 4.74 Å². The molecular formula is C19H20N2O3. The van der Waals surface area contributed by atoms with Crippen LogP contribution < -0.4 is 15.6 Å². The number of hydrogen-bond acceptors (Lipinski definition) is 3. The summed E-state index contributed by atoms with van der Waals surface area (Å²) in [6, 6.07) is 15.1. The van der Waals surface area contributed by atoms with E-state index < -0.39 is 11.8 Å². The molecule has 0 bridgehead atoms. The maximum absolute atomic E-state index is 11.7. The molecule has 24 heavy (non-hydrogen) atoms. The predicted molar refractivity (Wildman–Crippen MR) is 93.2 cm³/mol. The van der Waals surface area contributed by atoms with Crippen molar-refractivity contribution in [1.82, 2.24) is 10.9 Å². The van der Waals surface area contributed by atoms with Crippen molar-refractivity contribution in [2.24, 2.45) is 0 Å². The molecule has 0 saturated carbocycles. The van der Waals surface area contributed by atoms with Gasteiger partial charge >= 0.3 is 0 Å². The van der Waals surface area contributed by atoms with Gasteiger partial charge in [-0.2, -0.15) is 0 Å². The van der Waals surface area contributed by atoms with Gasteiger partial charge in [0.1, 0.15) is 5.75 Å². The summed E-state index contributed by atoms with van der Waals surface area (Å²) in [5.74, 6) is -0.229. The fourth-order valence-electron chi connectivity index (χ4n) is 2.11. The molecule has 0 spiro atoms. The Morgan fingerprint density at radius 3 is 2.33 bits per heavy atom. The number of aryl methyl sites for hydroxylation is 2. The van der Waals surface area contributed by atoms with E-state index in [4.69, 9.17) is 4.74 Å². The molecule has 0 aliphatic heterocycles. The van der Waals surface area contributed by atoms with E-state index in [1.54, 1.807) is 6.08 Å². The molecule has 0 saturated heterocycles. The molecule has 0 aromatic heterocycles. The Hall–Kier alpha value is -3.08. The van der Waals surface area contributed by atoms with Crippen LogP contribution >= 0.6 is 0 Å². The van der Waals surface area contributed by atoms with Crippen LogP contribution in [0.3, 0.4) is 0 Å². The lowest BCUT2D eigenvalue weighted by Crippen LogP contribution is -2.43. The van der Waals surface area contributed by atoms with E-state index in [-0.39, 0.29) is 6.61 Å². The van der Waals surface area contributed by atoms with Gasteiger partial charge in [-0.25, -0.2) is 0 Å². The number of benzene rings is 2. The third-order valence-corrected chi connectivity index (χ3v) is 3.12. The molecule has 2 rings (SSSR count). The van der Waals surface area contributed by atoms with Gasteiger partial charge in [-0.05, 0) is 48.7 Å². The second kappa shape index (κ2) is 8.53. The minimum absolute atomic E-state index is 0.175. The summed E-state index contributed by atoms with van der Waals surface area (Å²) in [6.45, 7) is 3.74. The van der Waals surface area contributed by atoms with E-state index in [9.17, 15) is 9.59 Å². The van der Waals surface area contributed by atoms with E-state index in [2.05, 4.69) is 10.9 Å². The first-order valence-electron chi connectivity index (χ1n) is 7.56. The summed E-state index contributed by atoms with van der Waals surface area (Å²) >= 11 is 0. The van der Waals surface area contributed by atoms with E-state index >= 15 is 0 Å². The molecule has 0 unspecified atom stereocenters. The van der Waals surface area contributed by atoms with Crippen molar-refractivity contribution < 1.29 is 14.3 Å². The van der Waals surface area contributed by atoms with Gasteiger partial charge in [0.25, 0.3) is 11.8 Å². The summed E-state index contributed by atoms with van der Waals surface area (Å²) in [4.78, 5) is 23.3. The van der Waals surface area contributed by atoms with E-state index in [0.29, 0.717) is 5.75 Å². The molecule has 0 heterocycles. The van der Waals surface area contributed by atoms with Crippen molar-refractivity contribution in [2.45, 2.75) is 13.8 Å². The maximum atomic E-state index is 11.7. The lowest BCUT2D eigenvalue weighted by Gasteiger charge is -2.09. The van der Waals surface area contributed by atoms with Crippen LogP contribution in [0, 0.1) is 13.8 Å². The third-order valence-electron chi connectivity index (χ3n) is 3.12. The Morgan fingerprint density at radius 1 is 1.00 bits per heavy atom. The zero-order valence-corrected chi connectivity index (χ0v) is 13.7. The average molecular weight is 324 g/mol. The van der Waals surface area contributed by atoms with Gasteiger partial charge in [-0.3, -0.25) is 20.4 Å². The lowest BCUT2D eigenvalue weighted by molar-refractivity contribution is -0.128. The summed E-state index contributed by atoms with van der Waals surface area (Å²) in [5.41, 5.74) is 7.63. The number of amides is 2. The molecule has 2 aromatic carbocycles. The van der Waals surface area contributed by atoms with Gasteiger partial charge in [0, 0.05) is 6.08 Å². The van der Waals surface area contributed by atoms with Crippen LogP contribution in [0.2, 0.25) is 0 Å². The predicted octanol–water partition coefficient (Wildman–Crippen LogP) is 2.54. The number of carbonyl (C=O) groups excluding carboxylic acids is 2. The molecule has 5 nitrogen and oxygen atoms in total. The zero-order chi connectivity index (χ0) is 17.4. The smallest absolute Gasteiger partial charge is 0.276 e. The van der Waals surface area contributed by atoms with Crippen LogP contribution in [0.15, 0.2) is 54.6 Å². The Morgan fingerprint density at radius 2 is 1.67 bits per heavy atom. The summed E-state index contributed by atoms with van der Waals surface area (Å²) in [6.07, 6.45) is 3.01. The summed E-state index contributed by atoms with van der Waals surface area (Å²) in [5, 5.41) is 0. The standard InChI is InChI=1S/C19H20N2O3/c1-14-10-15(2)12-17(11-14)24-13-19(23)21-20-18(22)9-8-16-6-4-3-5-7-16/h3-12H,13H2,1-2H3,(H,20,22)(H,21,23)/b9-8+. The van der Waals surface area contributed by atoms with Gasteiger partial charge in [0.05, 0.1) is 0 Å². The molecule has 2 amide bonds. The number of nitrogens with one attached hydrogen (secondary N) is 2. The Kier molecular flexibility index (Phi) is 6.14. The quantitative estimate of drug-likeness (QED) is 0.656. The van der Waals surface area contributed by atoms with Crippen LogP contribution in [-0.2, 0) is 9.59 Å². The highest BCUT2D eigenvalue weighted by Gasteiger charge is 2.04. The number of carbonyl (C=O) groups is 2. The molecule has 2 aromatic rings. The molecule has 2 N–H and O–H groups in total. The minimum Gasteiger partial charge on any atom is -0.484 e. The van der Waals surface area contributed by atoms with Crippen molar-refractivity contribution in [3.05, 3.63) is 71.3 Å². The largest absolute Gasteiger partial charge is 0.484 e. The van der Waals surface area contributed by atoms with Crippen molar-refractivity contribution in [1.29, 1.82) is 0 Å². The van der Waals surface area contributed by atoms with Gasteiger partial charge in [-0.1, -0.05) is 36.4 Å². The number of ether oxygens (including phenoxy) is 1. The highest BCUT2D eigenvalue weighted by molar-refractivity contribution is 5.93. The van der Waals surface area contributed by atoms with Crippen LogP contribution in [0.4, 0.5) is 0 Å². The van der Waals surface area contributed by atoms with E-state index in [1.807, 2.05) is 62.4 Å². The molecule has 124 valence electrons. The molecule has 0 aliphatic carbocycles. The molecule has 0 atom stereocenters. The molecule has 0 aliphatic rings. The fraction of sp³-hybridized carbons (Fsp3) is 0.158. The number of hydrogen-bond donors (Lipinski definition) is 2. The van der Waals surface area contributed by atoms with Crippen LogP contribution in [0.25, 0.3) is 6.08 Å². The van der Waals surface area contributed by atoms with Crippen LogP contribution in [0.1, 0.15) is 16.7 Å². The summed E-state index contributed by atoms with van der Waals surface area (Å²) in [7, 11) is 0. The number of hydrazine groups is 1. The molecule has 5 heteroatoms. The van der Waals surface area contributed by atoms with E-state index in [0.717, 1.165) is 16.7 Å². The molecule has 0 fully saturated rings. The molecular weight excluding hydrogens is 304 g/mol. The number of rotatable bonds is 5. The zero-order valence-electron chi connectivity index (χ0n) is 13.7. The van der Waals surface area contributed by atoms with Crippen molar-refractivity contribution in [3.8, 4) is 5.75 Å². The Bertz CT molecular complexity index is 719. The first-order valence-corrected chi connectivity index (χ1v) is 7.56. The SMILES string of the molecule is Cc1cc(C)cc(OCC(=O)NNC(=O)/C=C/c2ccccc2)c1. The van der Waals surface area contributed by atoms with Gasteiger partial charge in [-0.15, -0.1) is 0 Å². The average Bonchev–Trinajstić information content (AvgIpc) is 2.56. The normalized spacial score (nSPS) is 10.4. The van der Waals surface area contributed by atoms with Gasteiger partial charge in [0.2, 0.25) is 0 Å². The maximum Gasteiger partial charge on any atom is 0.276 e. The Balaban J connectivity index is 1.74. The monoisotopic (exact) mass is 324 g/mol. The van der Waals surface area contributed by atoms with Crippen molar-refractivity contribution in [2.75, 3.05) is 6.61 Å². The third kappa shape index (κ3) is 5.96. The van der Waals surface area contributed by atoms with Crippen LogP contribution in [-0.4, -0.2) is 18.4 Å². The Labute approximate surface area is 141 Å². The lowest BCUT2D eigenvalue weighted by atomic mass is 10.1. The van der Waals surface area contributed by atoms with Gasteiger partial charge in [0.15, 0.2) is 6.61 Å². The van der Waals surface area contributed by atoms with Crippen LogP contribution in [0.5, 0.6) is 5.75 Å². The first kappa shape index (κ1) is 17.3. The highest BCUT2D eigenvalue weighted by atomic mass is 16.5. The minimum atomic E-state index is -0.435.